The number of hydrogen-bond acceptors (Lipinski definition) is 4. The van der Waals surface area contributed by atoms with Crippen LogP contribution in [0.2, 0.25) is 0 Å². The van der Waals surface area contributed by atoms with Crippen molar-refractivity contribution in [2.24, 2.45) is 0 Å². The summed E-state index contributed by atoms with van der Waals surface area (Å²) < 4.78 is 7.17. The fraction of sp³-hybridized carbons (Fsp3) is 0.278. The first-order valence-corrected chi connectivity index (χ1v) is 7.85. The van der Waals surface area contributed by atoms with Crippen molar-refractivity contribution < 1.29 is 9.32 Å². The Morgan fingerprint density at radius 2 is 2.00 bits per heavy atom. The van der Waals surface area contributed by atoms with Gasteiger partial charge < -0.3 is 9.42 Å². The van der Waals surface area contributed by atoms with Gasteiger partial charge in [-0.05, 0) is 13.8 Å². The molecule has 0 spiro atoms. The SMILES string of the molecule is CC(C)n1cc(CN(C)C(=O)c2cnoc2-c2ccccc2)cn1. The fourth-order valence-corrected chi connectivity index (χ4v) is 2.48. The van der Waals surface area contributed by atoms with Crippen molar-refractivity contribution in [1.29, 1.82) is 0 Å². The van der Waals surface area contributed by atoms with Crippen molar-refractivity contribution in [3.63, 3.8) is 0 Å². The van der Waals surface area contributed by atoms with E-state index in [1.54, 1.807) is 18.1 Å². The molecule has 3 aromatic rings. The molecule has 2 heterocycles. The second-order valence-electron chi connectivity index (χ2n) is 6.02. The molecule has 0 saturated carbocycles. The molecule has 0 aliphatic carbocycles. The Morgan fingerprint density at radius 1 is 1.25 bits per heavy atom. The van der Waals surface area contributed by atoms with Crippen molar-refractivity contribution in [2.45, 2.75) is 26.4 Å². The molecule has 0 unspecified atom stereocenters. The predicted molar refractivity (Wildman–Crippen MR) is 90.3 cm³/mol. The highest BCUT2D eigenvalue weighted by Gasteiger charge is 2.21. The predicted octanol–water partition coefficient (Wildman–Crippen LogP) is 3.39. The zero-order valence-corrected chi connectivity index (χ0v) is 14.0. The van der Waals surface area contributed by atoms with E-state index in [-0.39, 0.29) is 5.91 Å². The molecule has 1 amide bonds. The van der Waals surface area contributed by atoms with E-state index in [0.717, 1.165) is 11.1 Å². The van der Waals surface area contributed by atoms with Gasteiger partial charge in [0, 0.05) is 37.0 Å². The molecule has 1 aromatic carbocycles. The van der Waals surface area contributed by atoms with Gasteiger partial charge in [0.1, 0.15) is 5.56 Å². The first kappa shape index (κ1) is 16.0. The van der Waals surface area contributed by atoms with Crippen LogP contribution in [0.4, 0.5) is 0 Å². The Hall–Kier alpha value is -2.89. The van der Waals surface area contributed by atoms with Crippen molar-refractivity contribution in [1.82, 2.24) is 19.8 Å². The van der Waals surface area contributed by atoms with E-state index in [1.807, 2.05) is 41.2 Å². The maximum absolute atomic E-state index is 12.7. The Balaban J connectivity index is 1.78. The second-order valence-corrected chi connectivity index (χ2v) is 6.02. The Bertz CT molecular complexity index is 820. The molecule has 6 heteroatoms. The van der Waals surface area contributed by atoms with Crippen LogP contribution in [0.15, 0.2) is 53.4 Å². The highest BCUT2D eigenvalue weighted by molar-refractivity contribution is 5.99. The highest BCUT2D eigenvalue weighted by Crippen LogP contribution is 2.24. The van der Waals surface area contributed by atoms with Gasteiger partial charge >= 0.3 is 0 Å². The molecule has 0 radical (unpaired) electrons. The van der Waals surface area contributed by atoms with Crippen molar-refractivity contribution in [3.05, 3.63) is 60.0 Å². The van der Waals surface area contributed by atoms with Crippen LogP contribution in [0.25, 0.3) is 11.3 Å². The average molecular weight is 324 g/mol. The Morgan fingerprint density at radius 3 is 2.67 bits per heavy atom. The standard InChI is InChI=1S/C18H20N4O2/c1-13(2)22-12-14(9-19-22)11-21(3)18(23)16-10-20-24-17(16)15-7-5-4-6-8-15/h4-10,12-13H,11H2,1-3H3. The number of benzene rings is 1. The molecule has 0 fully saturated rings. The van der Waals surface area contributed by atoms with Gasteiger partial charge in [-0.25, -0.2) is 0 Å². The molecule has 2 aromatic heterocycles. The van der Waals surface area contributed by atoms with E-state index >= 15 is 0 Å². The number of hydrogen-bond donors (Lipinski definition) is 0. The highest BCUT2D eigenvalue weighted by atomic mass is 16.5. The van der Waals surface area contributed by atoms with Crippen molar-refractivity contribution >= 4 is 5.91 Å². The van der Waals surface area contributed by atoms with Crippen LogP contribution in [-0.4, -0.2) is 32.8 Å². The van der Waals surface area contributed by atoms with E-state index in [2.05, 4.69) is 24.1 Å². The molecular weight excluding hydrogens is 304 g/mol. The van der Waals surface area contributed by atoms with Crippen LogP contribution in [0, 0.1) is 0 Å². The average Bonchev–Trinajstić information content (AvgIpc) is 3.24. The summed E-state index contributed by atoms with van der Waals surface area (Å²) >= 11 is 0. The van der Waals surface area contributed by atoms with E-state index in [1.165, 1.54) is 6.20 Å². The van der Waals surface area contributed by atoms with Crippen LogP contribution in [-0.2, 0) is 6.54 Å². The summed E-state index contributed by atoms with van der Waals surface area (Å²) in [4.78, 5) is 14.4. The molecule has 0 aliphatic heterocycles. The van der Waals surface area contributed by atoms with E-state index in [0.29, 0.717) is 23.9 Å². The lowest BCUT2D eigenvalue weighted by molar-refractivity contribution is 0.0785. The summed E-state index contributed by atoms with van der Waals surface area (Å²) in [6, 6.07) is 9.79. The molecular formula is C18H20N4O2. The maximum Gasteiger partial charge on any atom is 0.259 e. The van der Waals surface area contributed by atoms with Gasteiger partial charge in [0.25, 0.3) is 5.91 Å². The third-order valence-corrected chi connectivity index (χ3v) is 3.79. The largest absolute Gasteiger partial charge is 0.355 e. The van der Waals surface area contributed by atoms with Gasteiger partial charge in [0.2, 0.25) is 0 Å². The number of aromatic nitrogens is 3. The minimum absolute atomic E-state index is 0.132. The molecule has 0 saturated heterocycles. The monoisotopic (exact) mass is 324 g/mol. The maximum atomic E-state index is 12.7. The lowest BCUT2D eigenvalue weighted by atomic mass is 10.1. The number of carbonyl (C=O) groups is 1. The van der Waals surface area contributed by atoms with Crippen LogP contribution in [0.1, 0.15) is 35.8 Å². The first-order chi connectivity index (χ1) is 11.6. The third-order valence-electron chi connectivity index (χ3n) is 3.79. The summed E-state index contributed by atoms with van der Waals surface area (Å²) in [6.45, 7) is 4.61. The fourth-order valence-electron chi connectivity index (χ4n) is 2.48. The lowest BCUT2D eigenvalue weighted by Crippen LogP contribution is -2.26. The summed E-state index contributed by atoms with van der Waals surface area (Å²) in [6.07, 6.45) is 5.22. The minimum Gasteiger partial charge on any atom is -0.355 e. The third kappa shape index (κ3) is 3.22. The molecule has 0 atom stereocenters. The van der Waals surface area contributed by atoms with Gasteiger partial charge in [-0.15, -0.1) is 0 Å². The number of amides is 1. The lowest BCUT2D eigenvalue weighted by Gasteiger charge is -2.15. The first-order valence-electron chi connectivity index (χ1n) is 7.85. The normalized spacial score (nSPS) is 11.0. The smallest absolute Gasteiger partial charge is 0.259 e. The van der Waals surface area contributed by atoms with Crippen LogP contribution in [0.3, 0.4) is 0 Å². The van der Waals surface area contributed by atoms with Gasteiger partial charge in [-0.1, -0.05) is 35.5 Å². The van der Waals surface area contributed by atoms with E-state index in [9.17, 15) is 4.79 Å². The quantitative estimate of drug-likeness (QED) is 0.721. The Labute approximate surface area is 140 Å². The summed E-state index contributed by atoms with van der Waals surface area (Å²) in [7, 11) is 1.76. The topological polar surface area (TPSA) is 64.2 Å². The van der Waals surface area contributed by atoms with Crippen molar-refractivity contribution in [2.75, 3.05) is 7.05 Å². The molecule has 6 nitrogen and oxygen atoms in total. The molecule has 24 heavy (non-hydrogen) atoms. The molecule has 124 valence electrons. The van der Waals surface area contributed by atoms with Crippen molar-refractivity contribution in [3.8, 4) is 11.3 Å². The van der Waals surface area contributed by atoms with Crippen LogP contribution >= 0.6 is 0 Å². The van der Waals surface area contributed by atoms with Crippen LogP contribution < -0.4 is 0 Å². The van der Waals surface area contributed by atoms with Gasteiger partial charge in [0.15, 0.2) is 5.76 Å². The van der Waals surface area contributed by atoms with Gasteiger partial charge in [0.05, 0.1) is 12.4 Å². The summed E-state index contributed by atoms with van der Waals surface area (Å²) in [5.41, 5.74) is 2.27. The summed E-state index contributed by atoms with van der Waals surface area (Å²) in [5, 5.41) is 8.10. The van der Waals surface area contributed by atoms with Gasteiger partial charge in [-0.3, -0.25) is 9.48 Å². The van der Waals surface area contributed by atoms with Gasteiger partial charge in [-0.2, -0.15) is 5.10 Å². The van der Waals surface area contributed by atoms with E-state index < -0.39 is 0 Å². The number of rotatable bonds is 5. The molecule has 0 bridgehead atoms. The number of carbonyl (C=O) groups excluding carboxylic acids is 1. The summed E-state index contributed by atoms with van der Waals surface area (Å²) in [5.74, 6) is 0.359. The van der Waals surface area contributed by atoms with E-state index in [4.69, 9.17) is 4.52 Å². The zero-order chi connectivity index (χ0) is 17.1. The minimum atomic E-state index is -0.132. The molecule has 3 rings (SSSR count). The zero-order valence-electron chi connectivity index (χ0n) is 14.0. The number of nitrogens with zero attached hydrogens (tertiary/aromatic N) is 4. The Kier molecular flexibility index (Phi) is 4.46. The molecule has 0 N–H and O–H groups in total. The molecule has 0 aliphatic rings. The second kappa shape index (κ2) is 6.70. The van der Waals surface area contributed by atoms with Crippen LogP contribution in [0.5, 0.6) is 0 Å².